The lowest BCUT2D eigenvalue weighted by molar-refractivity contribution is -0.120. The van der Waals surface area contributed by atoms with Crippen molar-refractivity contribution in [3.8, 4) is 0 Å². The van der Waals surface area contributed by atoms with Crippen molar-refractivity contribution in [2.75, 3.05) is 0 Å². The van der Waals surface area contributed by atoms with Crippen LogP contribution in [0.4, 0.5) is 0 Å². The fraction of sp³-hybridized carbons (Fsp3) is 0.917. The standard InChI is InChI=1S/C12H27NOSi2/c1-15(2)12(11(13)14,16(3)4)10-8-6-5-7-9-10/h10,15-16H,5-9H2,1-4H3,(H2,13,14). The third kappa shape index (κ3) is 2.27. The van der Waals surface area contributed by atoms with Crippen molar-refractivity contribution in [1.82, 2.24) is 0 Å². The molecule has 4 heteroatoms. The second-order valence-electron chi connectivity index (χ2n) is 5.94. The summed E-state index contributed by atoms with van der Waals surface area (Å²) in [5.41, 5.74) is 5.83. The van der Waals surface area contributed by atoms with E-state index in [1.54, 1.807) is 0 Å². The maximum Gasteiger partial charge on any atom is 0.217 e. The average molecular weight is 258 g/mol. The van der Waals surface area contributed by atoms with Gasteiger partial charge in [0.15, 0.2) is 0 Å². The van der Waals surface area contributed by atoms with Gasteiger partial charge in [0, 0.05) is 22.3 Å². The fourth-order valence-electron chi connectivity index (χ4n) is 3.96. The van der Waals surface area contributed by atoms with Gasteiger partial charge in [-0.1, -0.05) is 45.5 Å². The van der Waals surface area contributed by atoms with Gasteiger partial charge in [-0.3, -0.25) is 4.79 Å². The molecule has 1 saturated carbocycles. The topological polar surface area (TPSA) is 43.1 Å². The molecule has 16 heavy (non-hydrogen) atoms. The molecular formula is C12H27NOSi2. The lowest BCUT2D eigenvalue weighted by Crippen LogP contribution is -2.53. The zero-order valence-electron chi connectivity index (χ0n) is 11.3. The molecule has 1 aliphatic rings. The van der Waals surface area contributed by atoms with E-state index in [4.69, 9.17) is 5.73 Å². The van der Waals surface area contributed by atoms with Gasteiger partial charge in [0.05, 0.1) is 0 Å². The molecule has 1 fully saturated rings. The van der Waals surface area contributed by atoms with Crippen LogP contribution in [0.3, 0.4) is 0 Å². The van der Waals surface area contributed by atoms with Gasteiger partial charge >= 0.3 is 0 Å². The molecule has 0 atom stereocenters. The molecule has 0 aliphatic heterocycles. The molecule has 1 rings (SSSR count). The van der Waals surface area contributed by atoms with Crippen molar-refractivity contribution in [3.63, 3.8) is 0 Å². The lowest BCUT2D eigenvalue weighted by atomic mass is 9.86. The van der Waals surface area contributed by atoms with Gasteiger partial charge < -0.3 is 5.73 Å². The van der Waals surface area contributed by atoms with Crippen LogP contribution in [0.1, 0.15) is 32.1 Å². The Morgan fingerprint density at radius 1 is 1.06 bits per heavy atom. The van der Waals surface area contributed by atoms with Crippen LogP contribution in [0.2, 0.25) is 30.8 Å². The molecule has 0 heterocycles. The molecule has 2 nitrogen and oxygen atoms in total. The van der Waals surface area contributed by atoms with Crippen LogP contribution >= 0.6 is 0 Å². The average Bonchev–Trinajstić information content (AvgIpc) is 2.18. The number of carbonyl (C=O) groups is 1. The number of hydrogen-bond donors (Lipinski definition) is 1. The molecule has 0 radical (unpaired) electrons. The maximum absolute atomic E-state index is 12.1. The van der Waals surface area contributed by atoms with Gasteiger partial charge in [-0.25, -0.2) is 0 Å². The predicted octanol–water partition coefficient (Wildman–Crippen LogP) is 2.30. The zero-order chi connectivity index (χ0) is 12.3. The Labute approximate surface area is 103 Å². The zero-order valence-corrected chi connectivity index (χ0v) is 13.6. The third-order valence-corrected chi connectivity index (χ3v) is 14.0. The number of amides is 1. The van der Waals surface area contributed by atoms with E-state index in [9.17, 15) is 4.79 Å². The van der Waals surface area contributed by atoms with E-state index in [0.717, 1.165) is 0 Å². The molecule has 0 aromatic heterocycles. The number of primary amides is 1. The summed E-state index contributed by atoms with van der Waals surface area (Å²) in [6, 6.07) is 0. The minimum absolute atomic E-state index is 0.0135. The van der Waals surface area contributed by atoms with Gasteiger partial charge in [-0.2, -0.15) is 0 Å². The van der Waals surface area contributed by atoms with Crippen molar-refractivity contribution in [2.45, 2.75) is 63.0 Å². The van der Waals surface area contributed by atoms with E-state index in [2.05, 4.69) is 26.2 Å². The molecule has 0 bridgehead atoms. The van der Waals surface area contributed by atoms with E-state index in [-0.39, 0.29) is 10.6 Å². The van der Waals surface area contributed by atoms with Gasteiger partial charge in [0.2, 0.25) is 5.91 Å². The summed E-state index contributed by atoms with van der Waals surface area (Å²) < 4.78 is -0.0135. The van der Waals surface area contributed by atoms with Crippen LogP contribution in [0.25, 0.3) is 0 Å². The highest BCUT2D eigenvalue weighted by molar-refractivity contribution is 6.85. The summed E-state index contributed by atoms with van der Waals surface area (Å²) in [6.07, 6.45) is 6.47. The monoisotopic (exact) mass is 257 g/mol. The largest absolute Gasteiger partial charge is 0.370 e. The quantitative estimate of drug-likeness (QED) is 0.772. The fourth-order valence-corrected chi connectivity index (χ4v) is 13.0. The molecule has 0 saturated heterocycles. The first-order valence-electron chi connectivity index (χ1n) is 6.73. The van der Waals surface area contributed by atoms with Gasteiger partial charge in [-0.15, -0.1) is 0 Å². The number of carbonyl (C=O) groups excluding carboxylic acids is 1. The summed E-state index contributed by atoms with van der Waals surface area (Å²) in [7, 11) is -2.05. The van der Waals surface area contributed by atoms with Crippen LogP contribution in [-0.4, -0.2) is 23.5 Å². The molecule has 1 amide bonds. The Morgan fingerprint density at radius 3 is 1.81 bits per heavy atom. The summed E-state index contributed by atoms with van der Waals surface area (Å²) in [5.74, 6) is 0.666. The molecule has 94 valence electrons. The Bertz CT molecular complexity index is 239. The van der Waals surface area contributed by atoms with Crippen LogP contribution in [-0.2, 0) is 4.79 Å². The van der Waals surface area contributed by atoms with Crippen LogP contribution < -0.4 is 5.73 Å². The molecule has 0 aromatic rings. The van der Waals surface area contributed by atoms with Crippen molar-refractivity contribution in [2.24, 2.45) is 11.7 Å². The maximum atomic E-state index is 12.1. The summed E-state index contributed by atoms with van der Waals surface area (Å²) in [4.78, 5) is 12.1. The minimum atomic E-state index is -1.02. The van der Waals surface area contributed by atoms with E-state index in [0.29, 0.717) is 5.92 Å². The molecule has 1 aliphatic carbocycles. The summed E-state index contributed by atoms with van der Waals surface area (Å²) >= 11 is 0. The molecule has 0 aromatic carbocycles. The Morgan fingerprint density at radius 2 is 1.50 bits per heavy atom. The van der Waals surface area contributed by atoms with E-state index < -0.39 is 17.6 Å². The summed E-state index contributed by atoms with van der Waals surface area (Å²) in [6.45, 7) is 9.30. The lowest BCUT2D eigenvalue weighted by Gasteiger charge is -2.45. The molecular weight excluding hydrogens is 230 g/mol. The van der Waals surface area contributed by atoms with Gasteiger partial charge in [0.1, 0.15) is 0 Å². The Kier molecular flexibility index (Phi) is 4.79. The first-order valence-corrected chi connectivity index (χ1v) is 12.5. The molecule has 0 unspecified atom stereocenters. The first kappa shape index (κ1) is 14.0. The van der Waals surface area contributed by atoms with E-state index >= 15 is 0 Å². The molecule has 2 N–H and O–H groups in total. The highest BCUT2D eigenvalue weighted by Gasteiger charge is 2.49. The normalized spacial score (nSPS) is 19.4. The van der Waals surface area contributed by atoms with Crippen LogP contribution in [0.5, 0.6) is 0 Å². The van der Waals surface area contributed by atoms with Crippen molar-refractivity contribution >= 4 is 23.5 Å². The van der Waals surface area contributed by atoms with E-state index in [1.807, 2.05) is 0 Å². The van der Waals surface area contributed by atoms with Gasteiger partial charge in [0.25, 0.3) is 0 Å². The van der Waals surface area contributed by atoms with Crippen LogP contribution in [0.15, 0.2) is 0 Å². The van der Waals surface area contributed by atoms with Gasteiger partial charge in [-0.05, 0) is 18.8 Å². The highest BCUT2D eigenvalue weighted by atomic mass is 28.3. The third-order valence-electron chi connectivity index (χ3n) is 4.62. The SMILES string of the molecule is C[SiH](C)C(C(N)=O)(C1CCCCC1)[SiH](C)C. The number of hydrogen-bond acceptors (Lipinski definition) is 1. The number of rotatable bonds is 4. The van der Waals surface area contributed by atoms with E-state index in [1.165, 1.54) is 32.1 Å². The smallest absolute Gasteiger partial charge is 0.217 e. The summed E-state index contributed by atoms with van der Waals surface area (Å²) in [5, 5.41) is 0. The molecule has 0 spiro atoms. The Balaban J connectivity index is 3.04. The highest BCUT2D eigenvalue weighted by Crippen LogP contribution is 2.48. The predicted molar refractivity (Wildman–Crippen MR) is 76.2 cm³/mol. The van der Waals surface area contributed by atoms with Crippen molar-refractivity contribution in [1.29, 1.82) is 0 Å². The minimum Gasteiger partial charge on any atom is -0.370 e. The second-order valence-corrected chi connectivity index (χ2v) is 13.1. The Hall–Kier alpha value is -0.0962. The number of nitrogens with two attached hydrogens (primary N) is 1. The first-order chi connectivity index (χ1) is 7.44. The van der Waals surface area contributed by atoms with Crippen molar-refractivity contribution in [3.05, 3.63) is 0 Å². The van der Waals surface area contributed by atoms with Crippen LogP contribution in [0, 0.1) is 5.92 Å². The van der Waals surface area contributed by atoms with Crippen molar-refractivity contribution < 1.29 is 4.79 Å². The second kappa shape index (κ2) is 5.49.